The minimum Gasteiger partial charge on any atom is -0.493 e. The Balaban J connectivity index is 2.80. The van der Waals surface area contributed by atoms with E-state index in [1.165, 1.54) is 20.3 Å². The molecule has 1 rings (SSSR count). The van der Waals surface area contributed by atoms with Crippen LogP contribution in [-0.2, 0) is 0 Å². The molecule has 8 heteroatoms. The third kappa shape index (κ3) is 8.11. The average Bonchev–Trinajstić information content (AvgIpc) is 2.70. The van der Waals surface area contributed by atoms with Gasteiger partial charge in [0.15, 0.2) is 17.3 Å². The summed E-state index contributed by atoms with van der Waals surface area (Å²) < 4.78 is 10.4. The van der Waals surface area contributed by atoms with E-state index in [0.717, 1.165) is 36.1 Å². The quantitative estimate of drug-likeness (QED) is 0.238. The Morgan fingerprint density at radius 3 is 2.04 bits per heavy atom. The van der Waals surface area contributed by atoms with E-state index in [1.807, 2.05) is 23.5 Å². The second kappa shape index (κ2) is 13.8. The van der Waals surface area contributed by atoms with E-state index in [-0.39, 0.29) is 17.0 Å². The first-order valence-electron chi connectivity index (χ1n) is 9.11. The average molecular weight is 415 g/mol. The molecule has 0 fully saturated rings. The lowest BCUT2D eigenvalue weighted by atomic mass is 10.0. The van der Waals surface area contributed by atoms with Gasteiger partial charge in [-0.2, -0.15) is 23.5 Å². The number of hydrogen-bond donors (Lipinski definition) is 0. The number of ketones is 1. The molecule has 27 heavy (non-hydrogen) atoms. The molecule has 0 amide bonds. The number of rotatable bonds is 15. The topological polar surface area (TPSA) is 68.2 Å². The van der Waals surface area contributed by atoms with Crippen LogP contribution in [0.3, 0.4) is 0 Å². The maximum atomic E-state index is 12.7. The number of carbonyl (C=O) groups excluding carboxylic acids is 1. The highest BCUT2D eigenvalue weighted by Gasteiger charge is 2.18. The van der Waals surface area contributed by atoms with Gasteiger partial charge in [-0.1, -0.05) is 13.8 Å². The number of benzene rings is 1. The van der Waals surface area contributed by atoms with Crippen LogP contribution in [0, 0.1) is 4.91 Å². The largest absolute Gasteiger partial charge is 0.493 e. The first-order chi connectivity index (χ1) is 13.1. The second-order valence-corrected chi connectivity index (χ2v) is 8.51. The number of nitroso groups, excluding NO2 is 1. The summed E-state index contributed by atoms with van der Waals surface area (Å²) in [7, 11) is 2.98. The van der Waals surface area contributed by atoms with Gasteiger partial charge in [0.05, 0.1) is 19.8 Å². The van der Waals surface area contributed by atoms with Crippen LogP contribution >= 0.6 is 23.5 Å². The minimum absolute atomic E-state index is 0.0901. The van der Waals surface area contributed by atoms with Crippen molar-refractivity contribution in [2.75, 3.05) is 56.9 Å². The van der Waals surface area contributed by atoms with Crippen molar-refractivity contribution in [3.63, 3.8) is 0 Å². The van der Waals surface area contributed by atoms with Crippen LogP contribution < -0.4 is 9.47 Å². The number of carbonyl (C=O) groups is 1. The summed E-state index contributed by atoms with van der Waals surface area (Å²) in [5.41, 5.74) is 0.376. The Hall–Kier alpha value is -1.25. The summed E-state index contributed by atoms with van der Waals surface area (Å²) >= 11 is 3.80. The Labute approximate surface area is 170 Å². The van der Waals surface area contributed by atoms with E-state index in [2.05, 4.69) is 23.9 Å². The Kier molecular flexibility index (Phi) is 12.2. The lowest BCUT2D eigenvalue weighted by Gasteiger charge is -2.21. The van der Waals surface area contributed by atoms with E-state index < -0.39 is 0 Å². The van der Waals surface area contributed by atoms with E-state index in [9.17, 15) is 9.70 Å². The number of ether oxygens (including phenoxy) is 2. The Morgan fingerprint density at radius 2 is 1.56 bits per heavy atom. The van der Waals surface area contributed by atoms with Gasteiger partial charge in [-0.3, -0.25) is 4.79 Å². The van der Waals surface area contributed by atoms with Crippen molar-refractivity contribution in [1.82, 2.24) is 4.90 Å². The van der Waals surface area contributed by atoms with Crippen molar-refractivity contribution in [1.29, 1.82) is 0 Å². The molecule has 0 heterocycles. The lowest BCUT2D eigenvalue weighted by molar-refractivity contribution is 0.0967. The van der Waals surface area contributed by atoms with Gasteiger partial charge in [0.1, 0.15) is 5.69 Å². The van der Waals surface area contributed by atoms with Crippen LogP contribution in [0.15, 0.2) is 17.3 Å². The molecule has 0 N–H and O–H groups in total. The smallest absolute Gasteiger partial charge is 0.166 e. The molecule has 6 nitrogen and oxygen atoms in total. The predicted octanol–water partition coefficient (Wildman–Crippen LogP) is 4.48. The number of methoxy groups -OCH3 is 2. The highest BCUT2D eigenvalue weighted by molar-refractivity contribution is 7.99. The molecule has 0 saturated heterocycles. The van der Waals surface area contributed by atoms with E-state index in [0.29, 0.717) is 24.5 Å². The third-order valence-corrected chi connectivity index (χ3v) is 5.83. The van der Waals surface area contributed by atoms with Gasteiger partial charge >= 0.3 is 0 Å². The fourth-order valence-electron chi connectivity index (χ4n) is 2.57. The van der Waals surface area contributed by atoms with Crippen LogP contribution in [0.5, 0.6) is 11.5 Å². The number of hydrogen-bond acceptors (Lipinski definition) is 8. The van der Waals surface area contributed by atoms with Gasteiger partial charge in [-0.25, -0.2) is 0 Å². The summed E-state index contributed by atoms with van der Waals surface area (Å²) in [5.74, 6) is 4.99. The van der Waals surface area contributed by atoms with Gasteiger partial charge in [0.2, 0.25) is 0 Å². The molecule has 0 bridgehead atoms. The minimum atomic E-state index is -0.109. The molecule has 0 atom stereocenters. The van der Waals surface area contributed by atoms with Gasteiger partial charge < -0.3 is 14.4 Å². The third-order valence-electron chi connectivity index (χ3n) is 4.07. The zero-order chi connectivity index (χ0) is 20.1. The summed E-state index contributed by atoms with van der Waals surface area (Å²) in [6, 6.07) is 2.99. The van der Waals surface area contributed by atoms with E-state index in [4.69, 9.17) is 9.47 Å². The van der Waals surface area contributed by atoms with Crippen molar-refractivity contribution < 1.29 is 14.3 Å². The molecule has 152 valence electrons. The summed E-state index contributed by atoms with van der Waals surface area (Å²) in [5, 5.41) is 3.00. The zero-order valence-corrected chi connectivity index (χ0v) is 18.3. The van der Waals surface area contributed by atoms with Crippen molar-refractivity contribution in [3.05, 3.63) is 22.6 Å². The normalized spacial score (nSPS) is 10.9. The molecule has 0 saturated carbocycles. The SMILES string of the molecule is CCSCCN(CCSCC)CCC(=O)c1cc(OC)c(OC)cc1N=O. The highest BCUT2D eigenvalue weighted by Crippen LogP contribution is 2.35. The number of nitrogens with zero attached hydrogens (tertiary/aromatic N) is 2. The number of thioether (sulfide) groups is 2. The van der Waals surface area contributed by atoms with Crippen LogP contribution in [-0.4, -0.2) is 67.5 Å². The maximum absolute atomic E-state index is 12.7. The summed E-state index contributed by atoms with van der Waals surface area (Å²) in [6.45, 7) is 6.88. The first kappa shape index (κ1) is 23.8. The molecule has 0 unspecified atom stereocenters. The van der Waals surface area contributed by atoms with Crippen molar-refractivity contribution in [3.8, 4) is 11.5 Å². The molecule has 0 aliphatic carbocycles. The molecule has 0 spiro atoms. The zero-order valence-electron chi connectivity index (χ0n) is 16.7. The molecule has 0 radical (unpaired) electrons. The maximum Gasteiger partial charge on any atom is 0.166 e. The van der Waals surface area contributed by atoms with Gasteiger partial charge in [0, 0.05) is 43.6 Å². The molecule has 0 aliphatic rings. The fraction of sp³-hybridized carbons (Fsp3) is 0.632. The van der Waals surface area contributed by atoms with Crippen molar-refractivity contribution >= 4 is 35.0 Å². The second-order valence-electron chi connectivity index (χ2n) is 5.72. The fourth-order valence-corrected chi connectivity index (χ4v) is 3.92. The first-order valence-corrected chi connectivity index (χ1v) is 11.4. The standard InChI is InChI=1S/C19H30N2O4S2/c1-5-26-11-9-21(10-12-27-6-2)8-7-17(22)15-13-18(24-3)19(25-4)14-16(15)20-23/h13-14H,5-12H2,1-4H3. The van der Waals surface area contributed by atoms with Crippen LogP contribution in [0.4, 0.5) is 5.69 Å². The highest BCUT2D eigenvalue weighted by atomic mass is 32.2. The molecule has 1 aromatic carbocycles. The molecular formula is C19H30N2O4S2. The van der Waals surface area contributed by atoms with E-state index >= 15 is 0 Å². The monoisotopic (exact) mass is 414 g/mol. The molecular weight excluding hydrogens is 384 g/mol. The Bertz CT molecular complexity index is 589. The summed E-state index contributed by atoms with van der Waals surface area (Å²) in [4.78, 5) is 26.2. The Morgan fingerprint density at radius 1 is 1.00 bits per heavy atom. The van der Waals surface area contributed by atoms with Crippen LogP contribution in [0.1, 0.15) is 30.6 Å². The van der Waals surface area contributed by atoms with Gasteiger partial charge in [0.25, 0.3) is 0 Å². The summed E-state index contributed by atoms with van der Waals surface area (Å²) in [6.07, 6.45) is 0.339. The lowest BCUT2D eigenvalue weighted by Crippen LogP contribution is -2.31. The molecule has 0 aromatic heterocycles. The van der Waals surface area contributed by atoms with Gasteiger partial charge in [-0.15, -0.1) is 4.91 Å². The molecule has 0 aliphatic heterocycles. The van der Waals surface area contributed by atoms with Crippen LogP contribution in [0.2, 0.25) is 0 Å². The van der Waals surface area contributed by atoms with E-state index in [1.54, 1.807) is 6.07 Å². The van der Waals surface area contributed by atoms with Crippen LogP contribution in [0.25, 0.3) is 0 Å². The number of Topliss-reactive ketones (excluding diaryl/α,β-unsaturated/α-hetero) is 1. The predicted molar refractivity (Wildman–Crippen MR) is 116 cm³/mol. The van der Waals surface area contributed by atoms with Crippen molar-refractivity contribution in [2.24, 2.45) is 5.18 Å². The van der Waals surface area contributed by atoms with Gasteiger partial charge in [-0.05, 0) is 22.7 Å². The van der Waals surface area contributed by atoms with Crippen molar-refractivity contribution in [2.45, 2.75) is 20.3 Å². The molecule has 1 aromatic rings.